The lowest BCUT2D eigenvalue weighted by molar-refractivity contribution is -0.160. The normalized spacial score (nSPS) is 12.9. The van der Waals surface area contributed by atoms with Gasteiger partial charge in [0.2, 0.25) is 17.7 Å². The van der Waals surface area contributed by atoms with Gasteiger partial charge in [0.05, 0.1) is 45.7 Å². The van der Waals surface area contributed by atoms with E-state index in [2.05, 4.69) is 16.0 Å². The monoisotopic (exact) mass is 1110 g/mol. The predicted molar refractivity (Wildman–Crippen MR) is 294 cm³/mol. The topological polar surface area (TPSA) is 310 Å². The number of carboxylic acids is 1. The van der Waals surface area contributed by atoms with Gasteiger partial charge >= 0.3 is 23.9 Å². The number of nitrogens with two attached hydrogens (primary N) is 1. The molecule has 0 unspecified atom stereocenters. The zero-order valence-corrected chi connectivity index (χ0v) is 46.5. The van der Waals surface area contributed by atoms with Gasteiger partial charge in [0.1, 0.15) is 28.9 Å². The van der Waals surface area contributed by atoms with Gasteiger partial charge in [-0.25, -0.2) is 14.4 Å². The van der Waals surface area contributed by atoms with Crippen LogP contribution in [0.3, 0.4) is 0 Å². The van der Waals surface area contributed by atoms with E-state index in [1.54, 1.807) is 96.3 Å². The van der Waals surface area contributed by atoms with Crippen LogP contribution in [0.25, 0.3) is 30.3 Å². The Hall–Kier alpha value is -6.37. The Morgan fingerprint density at radius 2 is 0.737 bits per heavy atom. The van der Waals surface area contributed by atoms with Crippen molar-refractivity contribution in [3.8, 4) is 0 Å². The molecule has 6 aromatic rings. The van der Waals surface area contributed by atoms with E-state index in [1.165, 1.54) is 0 Å². The maximum Gasteiger partial charge on any atom is 0.331 e. The molecule has 0 aliphatic carbocycles. The van der Waals surface area contributed by atoms with E-state index in [0.29, 0.717) is 0 Å². The molecule has 0 aliphatic rings. The average molecular weight is 1110 g/mol. The summed E-state index contributed by atoms with van der Waals surface area (Å²) < 4.78 is 18.5. The number of nitrogens with one attached hydrogen (secondary N) is 3. The lowest BCUT2D eigenvalue weighted by Gasteiger charge is -2.23. The summed E-state index contributed by atoms with van der Waals surface area (Å²) in [5.74, 6) is -4.14. The second kappa shape index (κ2) is 29.8. The number of aliphatic carboxylic acids is 1. The zero-order chi connectivity index (χ0) is 57.0. The number of carbonyl (C=O) groups is 7. The van der Waals surface area contributed by atoms with Gasteiger partial charge in [0.15, 0.2) is 12.1 Å². The van der Waals surface area contributed by atoms with Crippen LogP contribution in [-0.4, -0.2) is 135 Å². The number of carboxylic acid groups (broad SMARTS) is 1. The number of aliphatic hydroxyl groups is 4. The molecule has 22 heteroatoms. The number of amides is 3. The Morgan fingerprint density at radius 3 is 1.00 bits per heavy atom. The van der Waals surface area contributed by atoms with Gasteiger partial charge < -0.3 is 61.4 Å². The van der Waals surface area contributed by atoms with Gasteiger partial charge in [0.25, 0.3) is 0 Å². The number of rotatable bonds is 17. The Bertz CT molecular complexity index is 2750. The Kier molecular flexibility index (Phi) is 25.1. The minimum atomic E-state index is -1.25. The minimum Gasteiger partial charge on any atom is -0.480 e. The summed E-state index contributed by atoms with van der Waals surface area (Å²) in [5, 5.41) is 60.9. The summed E-state index contributed by atoms with van der Waals surface area (Å²) in [6.07, 6.45) is 0.417. The third-order valence-corrected chi connectivity index (χ3v) is 12.9. The zero-order valence-electron chi connectivity index (χ0n) is 44.0. The van der Waals surface area contributed by atoms with Gasteiger partial charge in [-0.3, -0.25) is 19.2 Å². The van der Waals surface area contributed by atoms with Crippen LogP contribution >= 0.6 is 34.0 Å². The molecule has 0 saturated carbocycles. The molecule has 0 fully saturated rings. The van der Waals surface area contributed by atoms with Crippen LogP contribution in [0.5, 0.6) is 0 Å². The number of hydrogen-bond acceptors (Lipinski definition) is 18. The predicted octanol–water partition coefficient (Wildman–Crippen LogP) is 5.18. The van der Waals surface area contributed by atoms with E-state index in [4.69, 9.17) is 35.3 Å². The first-order valence-electron chi connectivity index (χ1n) is 23.9. The summed E-state index contributed by atoms with van der Waals surface area (Å²) in [5.41, 5.74) is 6.00. The number of esters is 3. The van der Waals surface area contributed by atoms with E-state index in [9.17, 15) is 43.8 Å². The van der Waals surface area contributed by atoms with Crippen LogP contribution in [0.15, 0.2) is 88.9 Å². The third kappa shape index (κ3) is 22.1. The molecule has 3 aromatic heterocycles. The lowest BCUT2D eigenvalue weighted by atomic mass is 10.1. The third-order valence-electron chi connectivity index (χ3n) is 9.88. The molecule has 19 nitrogen and oxygen atoms in total. The van der Waals surface area contributed by atoms with Crippen LogP contribution in [0.2, 0.25) is 0 Å². The van der Waals surface area contributed by atoms with Crippen molar-refractivity contribution in [3.63, 3.8) is 0 Å². The fourth-order valence-corrected chi connectivity index (χ4v) is 9.39. The first kappa shape index (κ1) is 63.9. The van der Waals surface area contributed by atoms with Crippen LogP contribution in [-0.2, 0) is 67.0 Å². The van der Waals surface area contributed by atoms with Crippen molar-refractivity contribution in [2.24, 2.45) is 5.73 Å². The van der Waals surface area contributed by atoms with Crippen LogP contribution in [0, 0.1) is 0 Å². The molecule has 3 heterocycles. The molecular formula is C54H70N4O15S3. The maximum absolute atomic E-state index is 12.2. The van der Waals surface area contributed by atoms with E-state index < -0.39 is 90.6 Å². The molecule has 10 N–H and O–H groups in total. The molecule has 3 aromatic carbocycles. The molecular weight excluding hydrogens is 1040 g/mol. The highest BCUT2D eigenvalue weighted by molar-refractivity contribution is 7.18. The van der Waals surface area contributed by atoms with Gasteiger partial charge in [0, 0.05) is 14.1 Å². The molecule has 0 saturated heterocycles. The molecule has 0 radical (unpaired) electrons. The summed E-state index contributed by atoms with van der Waals surface area (Å²) in [7, 11) is 0. The van der Waals surface area contributed by atoms with Crippen molar-refractivity contribution in [3.05, 3.63) is 106 Å². The lowest BCUT2D eigenvalue weighted by Crippen LogP contribution is -2.46. The number of thiophene rings is 3. The van der Waals surface area contributed by atoms with E-state index in [1.807, 2.05) is 88.9 Å². The van der Waals surface area contributed by atoms with Gasteiger partial charge in [-0.05, 0) is 130 Å². The number of carbonyl (C=O) groups excluding carboxylic acids is 6. The smallest absolute Gasteiger partial charge is 0.331 e. The molecule has 76 heavy (non-hydrogen) atoms. The summed E-state index contributed by atoms with van der Waals surface area (Å²) >= 11 is 4.69. The minimum absolute atomic E-state index is 0.105. The molecule has 6 rings (SSSR count). The Morgan fingerprint density at radius 1 is 0.461 bits per heavy atom. The average Bonchev–Trinajstić information content (AvgIpc) is 4.07. The standard InChI is InChI=1S/2C17H21NO4S.C13H13NO4S.C7H15NO3/c2*1-17(2,3)22-16(21)13(9-19)18-15(20)8-11-10-23-14-7-5-4-6-12(11)14;15-6-10(13(17)18)14-12(16)5-8-7-19-11-4-2-1-3-9(8)11;1-7(2,3)11-6(10)5(8)4-9/h2*4-7,10,13,19H,8-9H2,1-3H3,(H,18,20);1-4,7,10,15H,5-6H2,(H,14,16)(H,17,18);5,9H,4,8H2,1-3H3/t2*13-;10-;5-/m0000/s1. The number of ether oxygens (including phenoxy) is 3. The van der Waals surface area contributed by atoms with Crippen LogP contribution < -0.4 is 21.7 Å². The van der Waals surface area contributed by atoms with E-state index >= 15 is 0 Å². The fourth-order valence-electron chi connectivity index (χ4n) is 6.51. The van der Waals surface area contributed by atoms with Crippen molar-refractivity contribution >= 4 is 106 Å². The van der Waals surface area contributed by atoms with Crippen molar-refractivity contribution in [1.82, 2.24) is 16.0 Å². The second-order valence-corrected chi connectivity index (χ2v) is 22.7. The number of fused-ring (bicyclic) bond motifs is 3. The highest BCUT2D eigenvalue weighted by Crippen LogP contribution is 2.28. The van der Waals surface area contributed by atoms with Gasteiger partial charge in [-0.2, -0.15) is 0 Å². The van der Waals surface area contributed by atoms with Crippen molar-refractivity contribution in [2.45, 2.75) is 123 Å². The quantitative estimate of drug-likeness (QED) is 0.0420. The summed E-state index contributed by atoms with van der Waals surface area (Å²) in [4.78, 5) is 81.6. The van der Waals surface area contributed by atoms with E-state index in [0.717, 1.165) is 46.9 Å². The molecule has 0 aliphatic heterocycles. The Labute approximate surface area is 453 Å². The SMILES string of the molecule is CC(C)(C)OC(=O)[C@@H](N)CO.CC(C)(C)OC(=O)[C@H](CO)NC(=O)Cc1csc2ccccc12.CC(C)(C)OC(=O)[C@H](CO)NC(=O)Cc1csc2ccccc12.O=C(Cc1csc2ccccc12)N[C@@H](CO)C(=O)O. The molecule has 0 spiro atoms. The maximum atomic E-state index is 12.2. The molecule has 414 valence electrons. The largest absolute Gasteiger partial charge is 0.480 e. The highest BCUT2D eigenvalue weighted by Gasteiger charge is 2.28. The first-order valence-corrected chi connectivity index (χ1v) is 26.6. The van der Waals surface area contributed by atoms with Gasteiger partial charge in [-0.15, -0.1) is 34.0 Å². The number of benzene rings is 3. The van der Waals surface area contributed by atoms with E-state index in [-0.39, 0.29) is 37.7 Å². The number of hydrogen-bond donors (Lipinski definition) is 9. The first-order chi connectivity index (χ1) is 35.6. The van der Waals surface area contributed by atoms with Crippen molar-refractivity contribution in [2.75, 3.05) is 26.4 Å². The summed E-state index contributed by atoms with van der Waals surface area (Å²) in [6.45, 7) is 13.7. The summed E-state index contributed by atoms with van der Waals surface area (Å²) in [6, 6.07) is 19.1. The van der Waals surface area contributed by atoms with Crippen LogP contribution in [0.1, 0.15) is 79.0 Å². The second-order valence-electron chi connectivity index (χ2n) is 19.9. The highest BCUT2D eigenvalue weighted by atomic mass is 32.1. The van der Waals surface area contributed by atoms with Crippen LogP contribution in [0.4, 0.5) is 0 Å². The fraction of sp³-hybridized carbons (Fsp3) is 0.426. The molecule has 4 atom stereocenters. The molecule has 0 bridgehead atoms. The van der Waals surface area contributed by atoms with Gasteiger partial charge in [-0.1, -0.05) is 54.6 Å². The Balaban J connectivity index is 0.000000275. The number of aliphatic hydroxyl groups excluding tert-OH is 4. The van der Waals surface area contributed by atoms with Crippen molar-refractivity contribution in [1.29, 1.82) is 0 Å². The molecule has 3 amide bonds. The van der Waals surface area contributed by atoms with Crippen molar-refractivity contribution < 1.29 is 73.3 Å².